The summed E-state index contributed by atoms with van der Waals surface area (Å²) in [7, 11) is 0. The second-order valence-corrected chi connectivity index (χ2v) is 17.1. The first-order chi connectivity index (χ1) is 28.5. The normalized spacial score (nSPS) is 12.1. The molecule has 0 radical (unpaired) electrons. The standard InChI is InChI=1S/C52H96O6/c1-4-7-10-13-16-19-22-24-26-28-30-33-36-39-42-45-51(54)57-48-49(47-56-50(53)44-41-38-35-32-29-21-18-15-12-9-6-3)58-52(55)46-43-40-37-34-31-27-25-23-20-17-14-11-8-5-2/h15,18,27,31,49H,4-14,16-17,19-26,28-30,32-48H2,1-3H3/b18-15-,31-27-. The molecule has 0 spiro atoms. The topological polar surface area (TPSA) is 78.9 Å². The molecule has 0 aliphatic heterocycles. The summed E-state index contributed by atoms with van der Waals surface area (Å²) in [5.74, 6) is -0.892. The number of ether oxygens (including phenoxy) is 3. The SMILES string of the molecule is CCCC/C=C\CCCCCCCC(=O)OCC(COC(=O)CCCCCCCCCCCCCCCCC)OC(=O)CCCCC/C=C\CCCCCCCCC. The number of rotatable bonds is 46. The second kappa shape index (κ2) is 47.6. The van der Waals surface area contributed by atoms with Gasteiger partial charge in [0.1, 0.15) is 13.2 Å². The Morgan fingerprint density at radius 1 is 0.328 bits per heavy atom. The van der Waals surface area contributed by atoms with Crippen molar-refractivity contribution in [3.05, 3.63) is 24.3 Å². The zero-order valence-electron chi connectivity index (χ0n) is 38.8. The van der Waals surface area contributed by atoms with Gasteiger partial charge in [-0.25, -0.2) is 0 Å². The van der Waals surface area contributed by atoms with Crippen molar-refractivity contribution in [1.29, 1.82) is 0 Å². The van der Waals surface area contributed by atoms with Crippen LogP contribution in [0.5, 0.6) is 0 Å². The Bertz CT molecular complexity index is 942. The molecule has 0 rings (SSSR count). The van der Waals surface area contributed by atoms with Crippen LogP contribution >= 0.6 is 0 Å². The molecule has 6 heteroatoms. The Morgan fingerprint density at radius 3 is 0.931 bits per heavy atom. The van der Waals surface area contributed by atoms with Crippen molar-refractivity contribution >= 4 is 17.9 Å². The Kier molecular flexibility index (Phi) is 45.8. The van der Waals surface area contributed by atoms with Gasteiger partial charge < -0.3 is 14.2 Å². The van der Waals surface area contributed by atoms with E-state index < -0.39 is 6.10 Å². The van der Waals surface area contributed by atoms with Crippen molar-refractivity contribution in [1.82, 2.24) is 0 Å². The molecule has 6 nitrogen and oxygen atoms in total. The van der Waals surface area contributed by atoms with Gasteiger partial charge in [-0.1, -0.05) is 212 Å². The van der Waals surface area contributed by atoms with E-state index in [0.29, 0.717) is 19.3 Å². The minimum atomic E-state index is -0.776. The van der Waals surface area contributed by atoms with Gasteiger partial charge in [-0.05, 0) is 64.2 Å². The lowest BCUT2D eigenvalue weighted by Crippen LogP contribution is -2.30. The van der Waals surface area contributed by atoms with E-state index in [4.69, 9.17) is 14.2 Å². The van der Waals surface area contributed by atoms with E-state index in [9.17, 15) is 14.4 Å². The molecule has 0 amide bonds. The van der Waals surface area contributed by atoms with Crippen LogP contribution < -0.4 is 0 Å². The van der Waals surface area contributed by atoms with Crippen molar-refractivity contribution in [2.24, 2.45) is 0 Å². The van der Waals surface area contributed by atoms with E-state index in [0.717, 1.165) is 77.0 Å². The Hall–Kier alpha value is -2.11. The molecule has 0 saturated heterocycles. The third kappa shape index (κ3) is 45.0. The van der Waals surface area contributed by atoms with Gasteiger partial charge in [-0.3, -0.25) is 14.4 Å². The summed E-state index contributed by atoms with van der Waals surface area (Å²) in [4.78, 5) is 37.9. The Balaban J connectivity index is 4.35. The highest BCUT2D eigenvalue weighted by Gasteiger charge is 2.19. The molecule has 58 heavy (non-hydrogen) atoms. The fourth-order valence-electron chi connectivity index (χ4n) is 7.30. The fourth-order valence-corrected chi connectivity index (χ4v) is 7.30. The molecule has 0 aliphatic rings. The van der Waals surface area contributed by atoms with E-state index in [1.54, 1.807) is 0 Å². The zero-order valence-corrected chi connectivity index (χ0v) is 38.8. The maximum Gasteiger partial charge on any atom is 0.306 e. The van der Waals surface area contributed by atoms with Crippen LogP contribution in [0.15, 0.2) is 24.3 Å². The van der Waals surface area contributed by atoms with Crippen molar-refractivity contribution in [2.75, 3.05) is 13.2 Å². The minimum absolute atomic E-state index is 0.0764. The van der Waals surface area contributed by atoms with Gasteiger partial charge in [-0.2, -0.15) is 0 Å². The third-order valence-corrected chi connectivity index (χ3v) is 11.2. The maximum absolute atomic E-state index is 12.8. The van der Waals surface area contributed by atoms with E-state index in [1.807, 2.05) is 0 Å². The summed E-state index contributed by atoms with van der Waals surface area (Å²) < 4.78 is 16.8. The smallest absolute Gasteiger partial charge is 0.306 e. The second-order valence-electron chi connectivity index (χ2n) is 17.1. The number of allylic oxidation sites excluding steroid dienone is 4. The van der Waals surface area contributed by atoms with Gasteiger partial charge in [0.25, 0.3) is 0 Å². The van der Waals surface area contributed by atoms with Crippen LogP contribution in [0.25, 0.3) is 0 Å². The van der Waals surface area contributed by atoms with E-state index >= 15 is 0 Å². The first-order valence-electron chi connectivity index (χ1n) is 25.3. The van der Waals surface area contributed by atoms with Gasteiger partial charge in [-0.15, -0.1) is 0 Å². The number of hydrogen-bond acceptors (Lipinski definition) is 6. The summed E-state index contributed by atoms with van der Waals surface area (Å²) in [6.07, 6.45) is 53.0. The molecule has 0 bridgehead atoms. The Morgan fingerprint density at radius 2 is 0.586 bits per heavy atom. The van der Waals surface area contributed by atoms with Crippen LogP contribution in [-0.2, 0) is 28.6 Å². The third-order valence-electron chi connectivity index (χ3n) is 11.2. The summed E-state index contributed by atoms with van der Waals surface area (Å²) in [5.41, 5.74) is 0. The van der Waals surface area contributed by atoms with Gasteiger partial charge in [0, 0.05) is 19.3 Å². The largest absolute Gasteiger partial charge is 0.462 e. The molecule has 0 saturated carbocycles. The summed E-state index contributed by atoms with van der Waals surface area (Å²) in [6.45, 7) is 6.60. The van der Waals surface area contributed by atoms with Crippen molar-refractivity contribution in [3.8, 4) is 0 Å². The highest BCUT2D eigenvalue weighted by atomic mass is 16.6. The van der Waals surface area contributed by atoms with Crippen LogP contribution in [0.4, 0.5) is 0 Å². The Labute approximate surface area is 360 Å². The van der Waals surface area contributed by atoms with Crippen LogP contribution in [0.1, 0.15) is 271 Å². The van der Waals surface area contributed by atoms with Gasteiger partial charge in [0.05, 0.1) is 0 Å². The molecule has 0 aromatic heterocycles. The highest BCUT2D eigenvalue weighted by molar-refractivity contribution is 5.71. The predicted octanol–water partition coefficient (Wildman–Crippen LogP) is 16.4. The van der Waals surface area contributed by atoms with Crippen molar-refractivity contribution in [2.45, 2.75) is 277 Å². The summed E-state index contributed by atoms with van der Waals surface area (Å²) in [6, 6.07) is 0. The van der Waals surface area contributed by atoms with Crippen molar-refractivity contribution < 1.29 is 28.6 Å². The molecule has 0 heterocycles. The fraction of sp³-hybridized carbons (Fsp3) is 0.865. The number of carbonyl (C=O) groups excluding carboxylic acids is 3. The van der Waals surface area contributed by atoms with E-state index in [1.165, 1.54) is 154 Å². The van der Waals surface area contributed by atoms with Crippen LogP contribution in [0.3, 0.4) is 0 Å². The quantitative estimate of drug-likeness (QED) is 0.0263. The molecule has 0 aromatic rings. The molecule has 340 valence electrons. The number of hydrogen-bond donors (Lipinski definition) is 0. The summed E-state index contributed by atoms with van der Waals surface area (Å²) in [5, 5.41) is 0. The lowest BCUT2D eigenvalue weighted by molar-refractivity contribution is -0.167. The predicted molar refractivity (Wildman–Crippen MR) is 247 cm³/mol. The number of carbonyl (C=O) groups is 3. The lowest BCUT2D eigenvalue weighted by Gasteiger charge is -2.18. The first-order valence-corrected chi connectivity index (χ1v) is 25.3. The number of unbranched alkanes of at least 4 members (excludes halogenated alkanes) is 31. The molecule has 1 atom stereocenters. The van der Waals surface area contributed by atoms with Gasteiger partial charge in [0.15, 0.2) is 6.10 Å². The molecular weight excluding hydrogens is 721 g/mol. The average molecular weight is 817 g/mol. The maximum atomic E-state index is 12.8. The van der Waals surface area contributed by atoms with Gasteiger partial charge in [0.2, 0.25) is 0 Å². The van der Waals surface area contributed by atoms with Crippen molar-refractivity contribution in [3.63, 3.8) is 0 Å². The van der Waals surface area contributed by atoms with E-state index in [-0.39, 0.29) is 31.1 Å². The highest BCUT2D eigenvalue weighted by Crippen LogP contribution is 2.15. The molecule has 0 fully saturated rings. The molecule has 0 N–H and O–H groups in total. The molecule has 0 aromatic carbocycles. The molecule has 1 unspecified atom stereocenters. The monoisotopic (exact) mass is 817 g/mol. The van der Waals surface area contributed by atoms with Gasteiger partial charge >= 0.3 is 17.9 Å². The average Bonchev–Trinajstić information content (AvgIpc) is 3.22. The minimum Gasteiger partial charge on any atom is -0.462 e. The van der Waals surface area contributed by atoms with E-state index in [2.05, 4.69) is 45.1 Å². The zero-order chi connectivity index (χ0) is 42.3. The lowest BCUT2D eigenvalue weighted by atomic mass is 10.0. The number of esters is 3. The summed E-state index contributed by atoms with van der Waals surface area (Å²) >= 11 is 0. The molecular formula is C52H96O6. The van der Waals surface area contributed by atoms with Crippen LogP contribution in [0, 0.1) is 0 Å². The molecule has 0 aliphatic carbocycles. The first kappa shape index (κ1) is 55.9. The van der Waals surface area contributed by atoms with Crippen LogP contribution in [0.2, 0.25) is 0 Å². The van der Waals surface area contributed by atoms with Crippen LogP contribution in [-0.4, -0.2) is 37.2 Å².